The molecule has 6 nitrogen and oxygen atoms in total. The number of pyridine rings is 1. The summed E-state index contributed by atoms with van der Waals surface area (Å²) in [6.45, 7) is 1.08. The molecule has 1 aromatic heterocycles. The largest absolute Gasteiger partial charge is 0.495 e. The van der Waals surface area contributed by atoms with Crippen LogP contribution in [0.2, 0.25) is 0 Å². The van der Waals surface area contributed by atoms with Crippen LogP contribution in [0.5, 0.6) is 5.75 Å². The van der Waals surface area contributed by atoms with Gasteiger partial charge >= 0.3 is 0 Å². The first-order valence-electron chi connectivity index (χ1n) is 5.89. The lowest BCUT2D eigenvalue weighted by Gasteiger charge is -2.20. The number of hydrogen-bond donors (Lipinski definition) is 1. The Labute approximate surface area is 104 Å². The number of anilines is 1. The molecule has 2 aliphatic rings. The molecule has 1 N–H and O–H groups in total. The maximum atomic E-state index is 11.4. The van der Waals surface area contributed by atoms with Gasteiger partial charge in [0.25, 0.3) is 0 Å². The summed E-state index contributed by atoms with van der Waals surface area (Å²) in [5.74, 6) is 1.21. The first kappa shape index (κ1) is 11.4. The molecule has 1 fully saturated rings. The number of carbonyl (C=O) groups is 1. The van der Waals surface area contributed by atoms with Gasteiger partial charge in [0.2, 0.25) is 12.2 Å². The van der Waals surface area contributed by atoms with Crippen molar-refractivity contribution >= 4 is 11.7 Å². The Hall–Kier alpha value is -1.66. The summed E-state index contributed by atoms with van der Waals surface area (Å²) in [4.78, 5) is 15.8. The summed E-state index contributed by atoms with van der Waals surface area (Å²) in [6.07, 6.45) is 0.647. The van der Waals surface area contributed by atoms with E-state index < -0.39 is 6.29 Å². The number of amides is 1. The topological polar surface area (TPSA) is 69.7 Å². The van der Waals surface area contributed by atoms with Gasteiger partial charge in [-0.15, -0.1) is 0 Å². The van der Waals surface area contributed by atoms with Gasteiger partial charge in [-0.1, -0.05) is 0 Å². The number of hydrogen-bond acceptors (Lipinski definition) is 5. The fraction of sp³-hybridized carbons (Fsp3) is 0.500. The standard InChI is InChI=1S/C12H14N2O4/c1-16-8-6-7-2-3-9(15)13-11(7)14-10(8)12-17-4-5-18-12/h6,12H,2-5H2,1H3,(H,13,14,15). The first-order valence-corrected chi connectivity index (χ1v) is 5.89. The van der Waals surface area contributed by atoms with Crippen molar-refractivity contribution in [1.82, 2.24) is 4.98 Å². The van der Waals surface area contributed by atoms with E-state index in [0.29, 0.717) is 43.3 Å². The highest BCUT2D eigenvalue weighted by atomic mass is 16.7. The van der Waals surface area contributed by atoms with Crippen LogP contribution in [-0.2, 0) is 20.7 Å². The lowest BCUT2D eigenvalue weighted by Crippen LogP contribution is -2.21. The van der Waals surface area contributed by atoms with E-state index in [1.165, 1.54) is 0 Å². The van der Waals surface area contributed by atoms with E-state index in [9.17, 15) is 4.79 Å². The smallest absolute Gasteiger partial charge is 0.225 e. The van der Waals surface area contributed by atoms with Crippen molar-refractivity contribution in [3.05, 3.63) is 17.3 Å². The third kappa shape index (κ3) is 1.93. The molecule has 0 unspecified atom stereocenters. The zero-order chi connectivity index (χ0) is 12.5. The van der Waals surface area contributed by atoms with Crippen molar-refractivity contribution in [3.8, 4) is 5.75 Å². The zero-order valence-electron chi connectivity index (χ0n) is 10.1. The molecule has 3 rings (SSSR count). The van der Waals surface area contributed by atoms with E-state index in [2.05, 4.69) is 10.3 Å². The second kappa shape index (κ2) is 4.55. The number of methoxy groups -OCH3 is 1. The van der Waals surface area contributed by atoms with Gasteiger partial charge in [0.15, 0.2) is 0 Å². The van der Waals surface area contributed by atoms with Crippen LogP contribution in [0.3, 0.4) is 0 Å². The van der Waals surface area contributed by atoms with Crippen LogP contribution in [0, 0.1) is 0 Å². The van der Waals surface area contributed by atoms with Gasteiger partial charge < -0.3 is 19.5 Å². The number of aromatic nitrogens is 1. The van der Waals surface area contributed by atoms with E-state index in [-0.39, 0.29) is 5.91 Å². The number of nitrogens with one attached hydrogen (secondary N) is 1. The van der Waals surface area contributed by atoms with Crippen LogP contribution in [-0.4, -0.2) is 31.2 Å². The highest BCUT2D eigenvalue weighted by Crippen LogP contribution is 2.34. The predicted octanol–water partition coefficient (Wildman–Crippen LogP) is 1.02. The van der Waals surface area contributed by atoms with Crippen LogP contribution >= 0.6 is 0 Å². The molecule has 0 aliphatic carbocycles. The minimum atomic E-state index is -0.510. The highest BCUT2D eigenvalue weighted by molar-refractivity contribution is 5.92. The number of nitrogens with zero attached hydrogens (tertiary/aromatic N) is 1. The third-order valence-electron chi connectivity index (χ3n) is 3.04. The number of carbonyl (C=O) groups excluding carboxylic acids is 1. The monoisotopic (exact) mass is 250 g/mol. The van der Waals surface area contributed by atoms with E-state index >= 15 is 0 Å². The maximum Gasteiger partial charge on any atom is 0.225 e. The van der Waals surface area contributed by atoms with Gasteiger partial charge in [-0.05, 0) is 18.1 Å². The van der Waals surface area contributed by atoms with Crippen LogP contribution in [0.1, 0.15) is 24.0 Å². The van der Waals surface area contributed by atoms with Gasteiger partial charge in [0, 0.05) is 6.42 Å². The summed E-state index contributed by atoms with van der Waals surface area (Å²) in [5, 5.41) is 2.76. The van der Waals surface area contributed by atoms with Gasteiger partial charge in [-0.3, -0.25) is 4.79 Å². The summed E-state index contributed by atoms with van der Waals surface area (Å²) >= 11 is 0. The van der Waals surface area contributed by atoms with E-state index in [1.54, 1.807) is 7.11 Å². The van der Waals surface area contributed by atoms with E-state index in [1.807, 2.05) is 6.07 Å². The second-order valence-corrected chi connectivity index (χ2v) is 4.21. The molecule has 0 saturated carbocycles. The number of ether oxygens (including phenoxy) is 3. The molecule has 96 valence electrons. The fourth-order valence-corrected chi connectivity index (χ4v) is 2.14. The number of aryl methyl sites for hydroxylation is 1. The lowest BCUT2D eigenvalue weighted by atomic mass is 10.1. The Kier molecular flexibility index (Phi) is 2.89. The molecule has 2 aliphatic heterocycles. The summed E-state index contributed by atoms with van der Waals surface area (Å²) < 4.78 is 16.2. The van der Waals surface area contributed by atoms with Crippen LogP contribution in [0.25, 0.3) is 0 Å². The van der Waals surface area contributed by atoms with Gasteiger partial charge in [-0.2, -0.15) is 0 Å². The molecule has 1 amide bonds. The molecule has 6 heteroatoms. The summed E-state index contributed by atoms with van der Waals surface area (Å²) in [7, 11) is 1.59. The summed E-state index contributed by atoms with van der Waals surface area (Å²) in [6, 6.07) is 1.89. The molecule has 1 saturated heterocycles. The normalized spacial score (nSPS) is 19.5. The van der Waals surface area contributed by atoms with Crippen molar-refractivity contribution in [2.75, 3.05) is 25.6 Å². The van der Waals surface area contributed by atoms with Crippen LogP contribution in [0.15, 0.2) is 6.07 Å². The molecular weight excluding hydrogens is 236 g/mol. The quantitative estimate of drug-likeness (QED) is 0.848. The Bertz CT molecular complexity index is 483. The van der Waals surface area contributed by atoms with Crippen molar-refractivity contribution in [2.45, 2.75) is 19.1 Å². The summed E-state index contributed by atoms with van der Waals surface area (Å²) in [5.41, 5.74) is 1.56. The average Bonchev–Trinajstić information content (AvgIpc) is 2.90. The predicted molar refractivity (Wildman–Crippen MR) is 62.4 cm³/mol. The Balaban J connectivity index is 2.01. The van der Waals surface area contributed by atoms with Gasteiger partial charge in [-0.25, -0.2) is 4.98 Å². The van der Waals surface area contributed by atoms with Gasteiger partial charge in [0.05, 0.1) is 20.3 Å². The Morgan fingerprint density at radius 3 is 2.89 bits per heavy atom. The average molecular weight is 250 g/mol. The van der Waals surface area contributed by atoms with Crippen molar-refractivity contribution in [3.63, 3.8) is 0 Å². The van der Waals surface area contributed by atoms with E-state index in [0.717, 1.165) is 5.56 Å². The molecule has 18 heavy (non-hydrogen) atoms. The SMILES string of the molecule is COc1cc2c(nc1C1OCCO1)NC(=O)CC2. The number of rotatable bonds is 2. The Morgan fingerprint density at radius 1 is 1.39 bits per heavy atom. The third-order valence-corrected chi connectivity index (χ3v) is 3.04. The van der Waals surface area contributed by atoms with Crippen molar-refractivity contribution < 1.29 is 19.0 Å². The molecule has 1 aromatic rings. The van der Waals surface area contributed by atoms with Crippen molar-refractivity contribution in [1.29, 1.82) is 0 Å². The second-order valence-electron chi connectivity index (χ2n) is 4.21. The molecule has 0 radical (unpaired) electrons. The highest BCUT2D eigenvalue weighted by Gasteiger charge is 2.27. The lowest BCUT2D eigenvalue weighted by molar-refractivity contribution is -0.116. The van der Waals surface area contributed by atoms with E-state index in [4.69, 9.17) is 14.2 Å². The maximum absolute atomic E-state index is 11.4. The molecular formula is C12H14N2O4. The van der Waals surface area contributed by atoms with Crippen LogP contribution < -0.4 is 10.1 Å². The zero-order valence-corrected chi connectivity index (χ0v) is 10.1. The van der Waals surface area contributed by atoms with Gasteiger partial charge in [0.1, 0.15) is 17.3 Å². The number of fused-ring (bicyclic) bond motifs is 1. The van der Waals surface area contributed by atoms with Crippen molar-refractivity contribution in [2.24, 2.45) is 0 Å². The molecule has 0 spiro atoms. The fourth-order valence-electron chi connectivity index (χ4n) is 2.14. The minimum Gasteiger partial charge on any atom is -0.495 e. The molecule has 0 aromatic carbocycles. The molecule has 3 heterocycles. The minimum absolute atomic E-state index is 0.0145. The van der Waals surface area contributed by atoms with Crippen LogP contribution in [0.4, 0.5) is 5.82 Å². The molecule has 0 atom stereocenters. The first-order chi connectivity index (χ1) is 8.78. The molecule has 0 bridgehead atoms. The Morgan fingerprint density at radius 2 is 2.17 bits per heavy atom.